The molecule has 0 spiro atoms. The second-order valence-electron chi connectivity index (χ2n) is 4.79. The molecule has 0 aromatic carbocycles. The Labute approximate surface area is 102 Å². The van der Waals surface area contributed by atoms with Crippen LogP contribution in [0.2, 0.25) is 0 Å². The number of hydrogen-bond donors (Lipinski definition) is 2. The SMILES string of the molecule is CCOC1CC(NC(=O)C2COCC2NC)C1. The van der Waals surface area contributed by atoms with Gasteiger partial charge in [-0.05, 0) is 26.8 Å². The van der Waals surface area contributed by atoms with Crippen molar-refractivity contribution >= 4 is 5.91 Å². The Balaban J connectivity index is 1.71. The maximum Gasteiger partial charge on any atom is 0.227 e. The lowest BCUT2D eigenvalue weighted by Gasteiger charge is -2.36. The molecule has 1 heterocycles. The van der Waals surface area contributed by atoms with Gasteiger partial charge in [-0.25, -0.2) is 0 Å². The van der Waals surface area contributed by atoms with Gasteiger partial charge in [0, 0.05) is 18.7 Å². The minimum Gasteiger partial charge on any atom is -0.379 e. The number of likely N-dealkylation sites (N-methyl/N-ethyl adjacent to an activating group) is 1. The first-order valence-electron chi connectivity index (χ1n) is 6.41. The first kappa shape index (κ1) is 12.8. The Morgan fingerprint density at radius 1 is 1.41 bits per heavy atom. The van der Waals surface area contributed by atoms with Crippen molar-refractivity contribution < 1.29 is 14.3 Å². The second-order valence-corrected chi connectivity index (χ2v) is 4.79. The van der Waals surface area contributed by atoms with Crippen LogP contribution in [-0.4, -0.2) is 51.0 Å². The quantitative estimate of drug-likeness (QED) is 0.707. The highest BCUT2D eigenvalue weighted by Gasteiger charge is 2.37. The van der Waals surface area contributed by atoms with Gasteiger partial charge in [0.2, 0.25) is 5.91 Å². The van der Waals surface area contributed by atoms with Crippen LogP contribution in [0.25, 0.3) is 0 Å². The van der Waals surface area contributed by atoms with Gasteiger partial charge in [-0.3, -0.25) is 4.79 Å². The molecular formula is C12H22N2O3. The third-order valence-electron chi connectivity index (χ3n) is 3.63. The van der Waals surface area contributed by atoms with E-state index >= 15 is 0 Å². The molecule has 0 aromatic rings. The van der Waals surface area contributed by atoms with E-state index in [2.05, 4.69) is 10.6 Å². The Morgan fingerprint density at radius 2 is 2.18 bits per heavy atom. The predicted molar refractivity (Wildman–Crippen MR) is 63.7 cm³/mol. The van der Waals surface area contributed by atoms with Gasteiger partial charge in [0.05, 0.1) is 25.2 Å². The summed E-state index contributed by atoms with van der Waals surface area (Å²) in [6, 6.07) is 0.440. The maximum absolute atomic E-state index is 12.0. The van der Waals surface area contributed by atoms with Crippen molar-refractivity contribution in [3.8, 4) is 0 Å². The number of amides is 1. The highest BCUT2D eigenvalue weighted by molar-refractivity contribution is 5.80. The molecule has 0 bridgehead atoms. The van der Waals surface area contributed by atoms with Crippen LogP contribution in [0.5, 0.6) is 0 Å². The molecule has 2 N–H and O–H groups in total. The van der Waals surface area contributed by atoms with Gasteiger partial charge in [0.25, 0.3) is 0 Å². The Morgan fingerprint density at radius 3 is 2.82 bits per heavy atom. The molecule has 1 aliphatic heterocycles. The molecule has 2 atom stereocenters. The fourth-order valence-electron chi connectivity index (χ4n) is 2.46. The fourth-order valence-corrected chi connectivity index (χ4v) is 2.46. The van der Waals surface area contributed by atoms with Crippen LogP contribution in [-0.2, 0) is 14.3 Å². The number of rotatable bonds is 5. The highest BCUT2D eigenvalue weighted by Crippen LogP contribution is 2.24. The monoisotopic (exact) mass is 242 g/mol. The fraction of sp³-hybridized carbons (Fsp3) is 0.917. The van der Waals surface area contributed by atoms with Crippen LogP contribution in [0.1, 0.15) is 19.8 Å². The third kappa shape index (κ3) is 2.97. The lowest BCUT2D eigenvalue weighted by molar-refractivity contribution is -0.128. The molecule has 2 rings (SSSR count). The van der Waals surface area contributed by atoms with Gasteiger partial charge < -0.3 is 20.1 Å². The molecule has 2 aliphatic rings. The van der Waals surface area contributed by atoms with E-state index in [-0.39, 0.29) is 23.9 Å². The van der Waals surface area contributed by atoms with E-state index in [1.807, 2.05) is 14.0 Å². The van der Waals surface area contributed by atoms with E-state index in [4.69, 9.17) is 9.47 Å². The first-order valence-corrected chi connectivity index (χ1v) is 6.41. The number of carbonyl (C=O) groups excluding carboxylic acids is 1. The van der Waals surface area contributed by atoms with Crippen molar-refractivity contribution in [1.29, 1.82) is 0 Å². The van der Waals surface area contributed by atoms with Crippen LogP contribution in [0.15, 0.2) is 0 Å². The van der Waals surface area contributed by atoms with Crippen molar-refractivity contribution in [2.24, 2.45) is 5.92 Å². The van der Waals surface area contributed by atoms with Gasteiger partial charge >= 0.3 is 0 Å². The van der Waals surface area contributed by atoms with Crippen LogP contribution < -0.4 is 10.6 Å². The van der Waals surface area contributed by atoms with Crippen molar-refractivity contribution in [3.63, 3.8) is 0 Å². The smallest absolute Gasteiger partial charge is 0.227 e. The summed E-state index contributed by atoms with van der Waals surface area (Å²) in [6.07, 6.45) is 2.22. The van der Waals surface area contributed by atoms with Crippen molar-refractivity contribution in [3.05, 3.63) is 0 Å². The van der Waals surface area contributed by atoms with E-state index < -0.39 is 0 Å². The number of hydrogen-bond acceptors (Lipinski definition) is 4. The van der Waals surface area contributed by atoms with Gasteiger partial charge in [-0.2, -0.15) is 0 Å². The van der Waals surface area contributed by atoms with Crippen LogP contribution >= 0.6 is 0 Å². The van der Waals surface area contributed by atoms with Crippen LogP contribution in [0, 0.1) is 5.92 Å². The lowest BCUT2D eigenvalue weighted by Crippen LogP contribution is -2.52. The molecule has 5 heteroatoms. The van der Waals surface area contributed by atoms with Crippen LogP contribution in [0.3, 0.4) is 0 Å². The Kier molecular flexibility index (Phi) is 4.36. The van der Waals surface area contributed by atoms with E-state index in [9.17, 15) is 4.79 Å². The van der Waals surface area contributed by atoms with Crippen molar-refractivity contribution in [1.82, 2.24) is 10.6 Å². The summed E-state index contributed by atoms with van der Waals surface area (Å²) in [6.45, 7) is 3.91. The standard InChI is InChI=1S/C12H22N2O3/c1-3-17-9-4-8(5-9)14-12(15)10-6-16-7-11(10)13-2/h8-11,13H,3-7H2,1-2H3,(H,14,15). The summed E-state index contributed by atoms with van der Waals surface area (Å²) < 4.78 is 10.8. The Hall–Kier alpha value is -0.650. The van der Waals surface area contributed by atoms with Gasteiger partial charge in [0.15, 0.2) is 0 Å². The van der Waals surface area contributed by atoms with Crippen LogP contribution in [0.4, 0.5) is 0 Å². The van der Waals surface area contributed by atoms with Gasteiger partial charge in [-0.15, -0.1) is 0 Å². The van der Waals surface area contributed by atoms with E-state index in [0.29, 0.717) is 19.3 Å². The lowest BCUT2D eigenvalue weighted by atomic mass is 9.88. The van der Waals surface area contributed by atoms with Crippen molar-refractivity contribution in [2.75, 3.05) is 26.9 Å². The summed E-state index contributed by atoms with van der Waals surface area (Å²) in [4.78, 5) is 12.0. The molecular weight excluding hydrogens is 220 g/mol. The number of nitrogens with one attached hydrogen (secondary N) is 2. The minimum atomic E-state index is -0.0499. The average Bonchev–Trinajstić information content (AvgIpc) is 2.74. The summed E-state index contributed by atoms with van der Waals surface area (Å²) >= 11 is 0. The molecule has 5 nitrogen and oxygen atoms in total. The molecule has 17 heavy (non-hydrogen) atoms. The van der Waals surface area contributed by atoms with E-state index in [1.165, 1.54) is 0 Å². The second kappa shape index (κ2) is 5.80. The molecule has 1 amide bonds. The van der Waals surface area contributed by atoms with Gasteiger partial charge in [0.1, 0.15) is 0 Å². The summed E-state index contributed by atoms with van der Waals surface area (Å²) in [7, 11) is 1.87. The normalized spacial score (nSPS) is 36.6. The molecule has 2 unspecified atom stereocenters. The average molecular weight is 242 g/mol. The predicted octanol–water partition coefficient (Wildman–Crippen LogP) is -0.0955. The molecule has 98 valence electrons. The molecule has 0 radical (unpaired) electrons. The minimum absolute atomic E-state index is 0.0499. The largest absolute Gasteiger partial charge is 0.379 e. The number of ether oxygens (including phenoxy) is 2. The molecule has 0 aromatic heterocycles. The number of carbonyl (C=O) groups is 1. The topological polar surface area (TPSA) is 59.6 Å². The zero-order valence-electron chi connectivity index (χ0n) is 10.6. The maximum atomic E-state index is 12.0. The van der Waals surface area contributed by atoms with E-state index in [0.717, 1.165) is 19.4 Å². The third-order valence-corrected chi connectivity index (χ3v) is 3.63. The molecule has 1 saturated heterocycles. The van der Waals surface area contributed by atoms with Crippen molar-refractivity contribution in [2.45, 2.75) is 38.0 Å². The zero-order valence-corrected chi connectivity index (χ0v) is 10.6. The summed E-state index contributed by atoms with van der Waals surface area (Å²) in [5.41, 5.74) is 0. The molecule has 2 fully saturated rings. The van der Waals surface area contributed by atoms with Gasteiger partial charge in [-0.1, -0.05) is 0 Å². The summed E-state index contributed by atoms with van der Waals surface area (Å²) in [5, 5.41) is 6.19. The molecule has 1 saturated carbocycles. The van der Waals surface area contributed by atoms with E-state index in [1.54, 1.807) is 0 Å². The highest BCUT2D eigenvalue weighted by atomic mass is 16.5. The molecule has 1 aliphatic carbocycles. The summed E-state index contributed by atoms with van der Waals surface area (Å²) in [5.74, 6) is 0.0629. The zero-order chi connectivity index (χ0) is 12.3. The Bertz CT molecular complexity index is 266. The first-order chi connectivity index (χ1) is 8.24.